The Labute approximate surface area is 116 Å². The molecule has 0 saturated carbocycles. The summed E-state index contributed by atoms with van der Waals surface area (Å²) in [6.45, 7) is 0. The number of aliphatic hydroxyl groups is 1. The van der Waals surface area contributed by atoms with E-state index in [0.29, 0.717) is 0 Å². The molecule has 21 heavy (non-hydrogen) atoms. The predicted molar refractivity (Wildman–Crippen MR) is 64.7 cm³/mol. The molecule has 1 aromatic heterocycles. The summed E-state index contributed by atoms with van der Waals surface area (Å²) < 4.78 is 66.2. The summed E-state index contributed by atoms with van der Waals surface area (Å²) in [5, 5.41) is 10.3. The highest BCUT2D eigenvalue weighted by molar-refractivity contribution is 5.38. The number of benzene rings is 1. The SMILES string of the molecule is OC(c1ccccc1)(c1ccncc1)C(F)(F)C(F)(F)F. The standard InChI is InChI=1S/C14H10F5NO/c15-13(16,14(17,18)19)12(21,10-4-2-1-3-5-10)11-6-8-20-9-7-11/h1-9,21H. The summed E-state index contributed by atoms with van der Waals surface area (Å²) in [6, 6.07) is 7.86. The van der Waals surface area contributed by atoms with Gasteiger partial charge < -0.3 is 5.11 Å². The molecule has 1 heterocycles. The summed E-state index contributed by atoms with van der Waals surface area (Å²) in [6.07, 6.45) is -3.84. The first-order valence-electron chi connectivity index (χ1n) is 5.84. The first-order valence-corrected chi connectivity index (χ1v) is 5.84. The van der Waals surface area contributed by atoms with Gasteiger partial charge in [-0.15, -0.1) is 0 Å². The summed E-state index contributed by atoms with van der Waals surface area (Å²) in [5.74, 6) is -5.37. The van der Waals surface area contributed by atoms with Gasteiger partial charge in [-0.25, -0.2) is 0 Å². The third-order valence-electron chi connectivity index (χ3n) is 3.10. The number of pyridine rings is 1. The quantitative estimate of drug-likeness (QED) is 0.880. The van der Waals surface area contributed by atoms with Gasteiger partial charge in [-0.05, 0) is 23.3 Å². The van der Waals surface area contributed by atoms with Crippen LogP contribution in [-0.2, 0) is 5.60 Å². The molecule has 7 heteroatoms. The highest BCUT2D eigenvalue weighted by Gasteiger charge is 2.71. The minimum atomic E-state index is -5.92. The maximum Gasteiger partial charge on any atom is 0.457 e. The molecule has 2 aromatic rings. The van der Waals surface area contributed by atoms with E-state index in [9.17, 15) is 27.1 Å². The van der Waals surface area contributed by atoms with E-state index in [1.165, 1.54) is 18.2 Å². The van der Waals surface area contributed by atoms with Gasteiger partial charge in [0, 0.05) is 12.4 Å². The van der Waals surface area contributed by atoms with Gasteiger partial charge in [-0.3, -0.25) is 4.98 Å². The van der Waals surface area contributed by atoms with E-state index in [1.54, 1.807) is 0 Å². The number of hydrogen-bond acceptors (Lipinski definition) is 2. The fourth-order valence-corrected chi connectivity index (χ4v) is 2.01. The summed E-state index contributed by atoms with van der Waals surface area (Å²) >= 11 is 0. The maximum absolute atomic E-state index is 14.0. The topological polar surface area (TPSA) is 33.1 Å². The van der Waals surface area contributed by atoms with Gasteiger partial charge in [0.25, 0.3) is 0 Å². The van der Waals surface area contributed by atoms with Crippen LogP contribution < -0.4 is 0 Å². The van der Waals surface area contributed by atoms with Crippen molar-refractivity contribution in [1.29, 1.82) is 0 Å². The van der Waals surface area contributed by atoms with Crippen LogP contribution in [0.5, 0.6) is 0 Å². The lowest BCUT2D eigenvalue weighted by molar-refractivity contribution is -0.336. The second kappa shape index (κ2) is 5.07. The third kappa shape index (κ3) is 2.37. The normalized spacial score (nSPS) is 15.5. The van der Waals surface area contributed by atoms with E-state index in [2.05, 4.69) is 4.98 Å². The van der Waals surface area contributed by atoms with Gasteiger partial charge in [0.15, 0.2) is 5.60 Å². The number of alkyl halides is 5. The fourth-order valence-electron chi connectivity index (χ4n) is 2.01. The van der Waals surface area contributed by atoms with Crippen LogP contribution in [0, 0.1) is 0 Å². The monoisotopic (exact) mass is 303 g/mol. The Kier molecular flexibility index (Phi) is 3.71. The zero-order valence-electron chi connectivity index (χ0n) is 10.5. The van der Waals surface area contributed by atoms with Crippen molar-refractivity contribution in [3.05, 3.63) is 66.0 Å². The van der Waals surface area contributed by atoms with E-state index in [-0.39, 0.29) is 0 Å². The first kappa shape index (κ1) is 15.4. The van der Waals surface area contributed by atoms with Crippen LogP contribution in [0.25, 0.3) is 0 Å². The molecule has 0 aliphatic carbocycles. The Morgan fingerprint density at radius 1 is 0.762 bits per heavy atom. The lowest BCUT2D eigenvalue weighted by Crippen LogP contribution is -2.55. The van der Waals surface area contributed by atoms with Gasteiger partial charge in [0.05, 0.1) is 0 Å². The number of aromatic nitrogens is 1. The Hall–Kier alpha value is -2.02. The third-order valence-corrected chi connectivity index (χ3v) is 3.10. The van der Waals surface area contributed by atoms with Gasteiger partial charge in [0.2, 0.25) is 0 Å². The average molecular weight is 303 g/mol. The molecule has 0 saturated heterocycles. The van der Waals surface area contributed by atoms with Crippen LogP contribution in [-0.4, -0.2) is 22.2 Å². The second-order valence-corrected chi connectivity index (χ2v) is 4.38. The van der Waals surface area contributed by atoms with Crippen molar-refractivity contribution in [3.8, 4) is 0 Å². The van der Waals surface area contributed by atoms with Crippen molar-refractivity contribution >= 4 is 0 Å². The second-order valence-electron chi connectivity index (χ2n) is 4.38. The highest BCUT2D eigenvalue weighted by Crippen LogP contribution is 2.51. The van der Waals surface area contributed by atoms with Crippen LogP contribution in [0.4, 0.5) is 22.0 Å². The lowest BCUT2D eigenvalue weighted by Gasteiger charge is -2.37. The number of rotatable bonds is 3. The molecule has 0 aliphatic rings. The van der Waals surface area contributed by atoms with E-state index in [0.717, 1.165) is 36.7 Å². The maximum atomic E-state index is 14.0. The molecule has 0 amide bonds. The summed E-state index contributed by atoms with van der Waals surface area (Å²) in [7, 11) is 0. The Bertz CT molecular complexity index is 558. The van der Waals surface area contributed by atoms with E-state index < -0.39 is 28.8 Å². The molecule has 1 atom stereocenters. The molecule has 1 aromatic carbocycles. The number of halogens is 5. The molecular formula is C14H10F5NO. The van der Waals surface area contributed by atoms with E-state index in [4.69, 9.17) is 0 Å². The molecule has 1 unspecified atom stereocenters. The Morgan fingerprint density at radius 2 is 1.24 bits per heavy atom. The molecule has 2 rings (SSSR count). The molecule has 0 radical (unpaired) electrons. The van der Waals surface area contributed by atoms with Gasteiger partial charge in [0.1, 0.15) is 0 Å². The van der Waals surface area contributed by atoms with Crippen LogP contribution in [0.2, 0.25) is 0 Å². The fraction of sp³-hybridized carbons (Fsp3) is 0.214. The van der Waals surface area contributed by atoms with Gasteiger partial charge in [-0.1, -0.05) is 30.3 Å². The molecule has 1 N–H and O–H groups in total. The van der Waals surface area contributed by atoms with Crippen molar-refractivity contribution in [2.75, 3.05) is 0 Å². The predicted octanol–water partition coefficient (Wildman–Crippen LogP) is 3.52. The molecule has 0 spiro atoms. The van der Waals surface area contributed by atoms with E-state index in [1.807, 2.05) is 0 Å². The minimum Gasteiger partial charge on any atom is -0.374 e. The van der Waals surface area contributed by atoms with Crippen molar-refractivity contribution in [2.45, 2.75) is 17.7 Å². The Morgan fingerprint density at radius 3 is 1.71 bits per heavy atom. The largest absolute Gasteiger partial charge is 0.457 e. The summed E-state index contributed by atoms with van der Waals surface area (Å²) in [5.41, 5.74) is -4.68. The van der Waals surface area contributed by atoms with Crippen molar-refractivity contribution in [2.24, 2.45) is 0 Å². The number of hydrogen-bond donors (Lipinski definition) is 1. The Balaban J connectivity index is 2.73. The zero-order valence-corrected chi connectivity index (χ0v) is 10.5. The molecule has 0 fully saturated rings. The van der Waals surface area contributed by atoms with E-state index >= 15 is 0 Å². The van der Waals surface area contributed by atoms with Crippen molar-refractivity contribution in [1.82, 2.24) is 4.98 Å². The van der Waals surface area contributed by atoms with Crippen molar-refractivity contribution in [3.63, 3.8) is 0 Å². The molecule has 0 aliphatic heterocycles. The van der Waals surface area contributed by atoms with Crippen LogP contribution in [0.3, 0.4) is 0 Å². The molecule has 112 valence electrons. The first-order chi connectivity index (χ1) is 9.71. The molecule has 2 nitrogen and oxygen atoms in total. The smallest absolute Gasteiger partial charge is 0.374 e. The molecular weight excluding hydrogens is 293 g/mol. The van der Waals surface area contributed by atoms with Gasteiger partial charge in [-0.2, -0.15) is 22.0 Å². The highest BCUT2D eigenvalue weighted by atomic mass is 19.4. The van der Waals surface area contributed by atoms with Crippen LogP contribution >= 0.6 is 0 Å². The van der Waals surface area contributed by atoms with Crippen molar-refractivity contribution < 1.29 is 27.1 Å². The zero-order chi connectivity index (χ0) is 15.7. The minimum absolute atomic E-state index is 0.557. The number of nitrogens with zero attached hydrogens (tertiary/aromatic N) is 1. The van der Waals surface area contributed by atoms with Crippen LogP contribution in [0.1, 0.15) is 11.1 Å². The van der Waals surface area contributed by atoms with Gasteiger partial charge >= 0.3 is 12.1 Å². The van der Waals surface area contributed by atoms with Crippen LogP contribution in [0.15, 0.2) is 54.9 Å². The molecule has 0 bridgehead atoms. The summed E-state index contributed by atoms with van der Waals surface area (Å²) in [4.78, 5) is 3.56. The average Bonchev–Trinajstić information content (AvgIpc) is 2.47. The lowest BCUT2D eigenvalue weighted by atomic mass is 9.81.